The van der Waals surface area contributed by atoms with E-state index in [-0.39, 0.29) is 12.7 Å². The lowest BCUT2D eigenvalue weighted by Gasteiger charge is -2.30. The van der Waals surface area contributed by atoms with Gasteiger partial charge in [-0.2, -0.15) is 0 Å². The minimum atomic E-state index is -0.671. The van der Waals surface area contributed by atoms with Gasteiger partial charge < -0.3 is 15.3 Å². The number of rotatable bonds is 3. The van der Waals surface area contributed by atoms with Crippen molar-refractivity contribution in [1.29, 1.82) is 0 Å². The first-order valence-electron chi connectivity index (χ1n) is 4.41. The zero-order valence-electron chi connectivity index (χ0n) is 7.19. The Bertz CT molecular complexity index is 131. The highest BCUT2D eigenvalue weighted by molar-refractivity contribution is 4.73. The summed E-state index contributed by atoms with van der Waals surface area (Å²) in [7, 11) is 0. The Morgan fingerprint density at radius 1 is 1.50 bits per heavy atom. The first-order chi connectivity index (χ1) is 5.72. The summed E-state index contributed by atoms with van der Waals surface area (Å²) in [5.74, 6) is 0. The van der Waals surface area contributed by atoms with Crippen molar-refractivity contribution in [3.05, 3.63) is 0 Å². The molecule has 4 heteroatoms. The van der Waals surface area contributed by atoms with E-state index < -0.39 is 6.10 Å². The molecular formula is C8H17NO3. The molecule has 12 heavy (non-hydrogen) atoms. The standard InChI is InChI=1S/C8H17NO3/c10-6-8(12)5-9-3-1-2-7(11)4-9/h7-8,10-12H,1-6H2. The molecule has 0 aliphatic carbocycles. The van der Waals surface area contributed by atoms with Gasteiger partial charge in [0.15, 0.2) is 0 Å². The van der Waals surface area contributed by atoms with Crippen LogP contribution in [0.25, 0.3) is 0 Å². The van der Waals surface area contributed by atoms with Gasteiger partial charge in [-0.25, -0.2) is 0 Å². The normalized spacial score (nSPS) is 28.8. The van der Waals surface area contributed by atoms with Crippen LogP contribution in [0.1, 0.15) is 12.8 Å². The van der Waals surface area contributed by atoms with Crippen LogP contribution in [0.15, 0.2) is 0 Å². The third kappa shape index (κ3) is 3.06. The van der Waals surface area contributed by atoms with Crippen molar-refractivity contribution in [1.82, 2.24) is 4.90 Å². The summed E-state index contributed by atoms with van der Waals surface area (Å²) >= 11 is 0. The average molecular weight is 175 g/mol. The molecular weight excluding hydrogens is 158 g/mol. The van der Waals surface area contributed by atoms with E-state index >= 15 is 0 Å². The molecule has 0 saturated carbocycles. The second-order valence-corrected chi connectivity index (χ2v) is 3.39. The Balaban J connectivity index is 2.22. The fourth-order valence-corrected chi connectivity index (χ4v) is 1.55. The molecule has 2 atom stereocenters. The topological polar surface area (TPSA) is 63.9 Å². The number of hydrogen-bond acceptors (Lipinski definition) is 4. The molecule has 0 aromatic carbocycles. The van der Waals surface area contributed by atoms with Gasteiger partial charge in [0.1, 0.15) is 0 Å². The third-order valence-corrected chi connectivity index (χ3v) is 2.16. The van der Waals surface area contributed by atoms with Crippen molar-refractivity contribution < 1.29 is 15.3 Å². The van der Waals surface area contributed by atoms with Gasteiger partial charge in [-0.3, -0.25) is 4.90 Å². The molecule has 72 valence electrons. The second-order valence-electron chi connectivity index (χ2n) is 3.39. The van der Waals surface area contributed by atoms with Crippen LogP contribution in [0.2, 0.25) is 0 Å². The fraction of sp³-hybridized carbons (Fsp3) is 1.00. The van der Waals surface area contributed by atoms with Crippen molar-refractivity contribution in [2.45, 2.75) is 25.0 Å². The van der Waals surface area contributed by atoms with Crippen molar-refractivity contribution in [2.24, 2.45) is 0 Å². The Labute approximate surface area is 72.4 Å². The van der Waals surface area contributed by atoms with Gasteiger partial charge in [0.2, 0.25) is 0 Å². The number of aliphatic hydroxyl groups is 3. The average Bonchev–Trinajstić information content (AvgIpc) is 2.04. The molecule has 1 aliphatic heterocycles. The summed E-state index contributed by atoms with van der Waals surface area (Å²) in [5.41, 5.74) is 0. The van der Waals surface area contributed by atoms with E-state index in [4.69, 9.17) is 10.2 Å². The van der Waals surface area contributed by atoms with Crippen LogP contribution in [-0.4, -0.2) is 58.7 Å². The number of likely N-dealkylation sites (tertiary alicyclic amines) is 1. The molecule has 1 fully saturated rings. The van der Waals surface area contributed by atoms with Crippen LogP contribution >= 0.6 is 0 Å². The molecule has 3 N–H and O–H groups in total. The molecule has 0 bridgehead atoms. The Kier molecular flexibility index (Phi) is 3.94. The van der Waals surface area contributed by atoms with Crippen molar-refractivity contribution in [2.75, 3.05) is 26.2 Å². The molecule has 1 heterocycles. The highest BCUT2D eigenvalue weighted by atomic mass is 16.3. The van der Waals surface area contributed by atoms with Crippen molar-refractivity contribution in [3.8, 4) is 0 Å². The predicted octanol–water partition coefficient (Wildman–Crippen LogP) is -1.20. The molecule has 0 amide bonds. The summed E-state index contributed by atoms with van der Waals surface area (Å²) in [6.07, 6.45) is 0.894. The Hall–Kier alpha value is -0.160. The lowest BCUT2D eigenvalue weighted by atomic mass is 10.1. The fourth-order valence-electron chi connectivity index (χ4n) is 1.55. The quantitative estimate of drug-likeness (QED) is 0.504. The van der Waals surface area contributed by atoms with Gasteiger partial charge in [0.05, 0.1) is 18.8 Å². The molecule has 4 nitrogen and oxygen atoms in total. The summed E-state index contributed by atoms with van der Waals surface area (Å²) < 4.78 is 0. The van der Waals surface area contributed by atoms with E-state index in [2.05, 4.69) is 0 Å². The van der Waals surface area contributed by atoms with Crippen molar-refractivity contribution in [3.63, 3.8) is 0 Å². The smallest absolute Gasteiger partial charge is 0.0897 e. The van der Waals surface area contributed by atoms with Crippen LogP contribution in [0.5, 0.6) is 0 Å². The van der Waals surface area contributed by atoms with Gasteiger partial charge >= 0.3 is 0 Å². The van der Waals surface area contributed by atoms with Crippen LogP contribution in [0.3, 0.4) is 0 Å². The minimum absolute atomic E-state index is 0.202. The number of hydrogen-bond donors (Lipinski definition) is 3. The Morgan fingerprint density at radius 2 is 2.25 bits per heavy atom. The van der Waals surface area contributed by atoms with Gasteiger partial charge in [-0.1, -0.05) is 0 Å². The third-order valence-electron chi connectivity index (χ3n) is 2.16. The zero-order valence-corrected chi connectivity index (χ0v) is 7.19. The van der Waals surface area contributed by atoms with E-state index in [1.807, 2.05) is 4.90 Å². The zero-order chi connectivity index (χ0) is 8.97. The lowest BCUT2D eigenvalue weighted by Crippen LogP contribution is -2.43. The van der Waals surface area contributed by atoms with Gasteiger partial charge in [-0.05, 0) is 19.4 Å². The van der Waals surface area contributed by atoms with Crippen LogP contribution in [0.4, 0.5) is 0 Å². The van der Waals surface area contributed by atoms with Crippen LogP contribution in [-0.2, 0) is 0 Å². The van der Waals surface area contributed by atoms with E-state index in [9.17, 15) is 5.11 Å². The molecule has 1 aliphatic rings. The molecule has 0 aromatic heterocycles. The summed E-state index contributed by atoms with van der Waals surface area (Å²) in [4.78, 5) is 1.98. The molecule has 0 aromatic rings. The highest BCUT2D eigenvalue weighted by Crippen LogP contribution is 2.09. The number of piperidine rings is 1. The maximum atomic E-state index is 9.28. The maximum absolute atomic E-state index is 9.28. The Morgan fingerprint density at radius 3 is 2.83 bits per heavy atom. The first kappa shape index (κ1) is 9.92. The van der Waals surface area contributed by atoms with Gasteiger partial charge in [0.25, 0.3) is 0 Å². The SMILES string of the molecule is OCC(O)CN1CCCC(O)C1. The molecule has 0 spiro atoms. The molecule has 0 radical (unpaired) electrons. The second kappa shape index (κ2) is 4.77. The molecule has 1 rings (SSSR count). The molecule has 1 saturated heterocycles. The number of β-amino-alcohol motifs (C(OH)–C–C–N with tert-alkyl or cyclic N) is 2. The predicted molar refractivity (Wildman–Crippen MR) is 44.8 cm³/mol. The van der Waals surface area contributed by atoms with Crippen LogP contribution < -0.4 is 0 Å². The molecule has 2 unspecified atom stereocenters. The lowest BCUT2D eigenvalue weighted by molar-refractivity contribution is 0.0200. The largest absolute Gasteiger partial charge is 0.394 e. The summed E-state index contributed by atoms with van der Waals surface area (Å²) in [6.45, 7) is 1.80. The van der Waals surface area contributed by atoms with Crippen LogP contribution in [0, 0.1) is 0 Å². The van der Waals surface area contributed by atoms with Crippen molar-refractivity contribution >= 4 is 0 Å². The van der Waals surface area contributed by atoms with E-state index in [1.165, 1.54) is 0 Å². The van der Waals surface area contributed by atoms with E-state index in [0.717, 1.165) is 19.4 Å². The van der Waals surface area contributed by atoms with E-state index in [1.54, 1.807) is 0 Å². The monoisotopic (exact) mass is 175 g/mol. The summed E-state index contributed by atoms with van der Waals surface area (Å²) in [5, 5.41) is 27.0. The number of nitrogens with zero attached hydrogens (tertiary/aromatic N) is 1. The van der Waals surface area contributed by atoms with Gasteiger partial charge in [-0.15, -0.1) is 0 Å². The summed E-state index contributed by atoms with van der Waals surface area (Å²) in [6, 6.07) is 0. The number of aliphatic hydroxyl groups excluding tert-OH is 3. The van der Waals surface area contributed by atoms with E-state index in [0.29, 0.717) is 13.1 Å². The minimum Gasteiger partial charge on any atom is -0.394 e. The first-order valence-corrected chi connectivity index (χ1v) is 4.41. The maximum Gasteiger partial charge on any atom is 0.0897 e. The highest BCUT2D eigenvalue weighted by Gasteiger charge is 2.19. The van der Waals surface area contributed by atoms with Gasteiger partial charge in [0, 0.05) is 13.1 Å².